The molecule has 2 aromatic rings. The molecule has 0 heterocycles. The zero-order chi connectivity index (χ0) is 18.7. The van der Waals surface area contributed by atoms with E-state index in [1.165, 1.54) is 4.90 Å². The molecule has 1 aliphatic rings. The van der Waals surface area contributed by atoms with Gasteiger partial charge in [-0.3, -0.25) is 9.59 Å². The highest BCUT2D eigenvalue weighted by Crippen LogP contribution is 2.45. The number of anilines is 1. The highest BCUT2D eigenvalue weighted by molar-refractivity contribution is 6.39. The molecule has 0 unspecified atom stereocenters. The highest BCUT2D eigenvalue weighted by Gasteiger charge is 2.47. The molecule has 1 N–H and O–H groups in total. The first kappa shape index (κ1) is 18.7. The van der Waals surface area contributed by atoms with E-state index in [0.717, 1.165) is 24.8 Å². The van der Waals surface area contributed by atoms with Crippen molar-refractivity contribution in [1.82, 2.24) is 4.90 Å². The molecule has 1 aliphatic carbocycles. The van der Waals surface area contributed by atoms with Crippen molar-refractivity contribution in [3.8, 4) is 0 Å². The molecule has 3 rings (SSSR count). The monoisotopic (exact) mass is 390 g/mol. The molecule has 0 aliphatic heterocycles. The molecular formula is C20H20Cl2N2O2. The summed E-state index contributed by atoms with van der Waals surface area (Å²) in [7, 11) is 1.65. The van der Waals surface area contributed by atoms with Crippen molar-refractivity contribution in [2.75, 3.05) is 18.9 Å². The lowest BCUT2D eigenvalue weighted by molar-refractivity contribution is -0.141. The first-order valence-electron chi connectivity index (χ1n) is 8.49. The van der Waals surface area contributed by atoms with Crippen LogP contribution in [-0.2, 0) is 15.0 Å². The third-order valence-electron chi connectivity index (χ3n) is 4.90. The van der Waals surface area contributed by atoms with Crippen LogP contribution in [0.4, 0.5) is 5.69 Å². The van der Waals surface area contributed by atoms with Crippen molar-refractivity contribution in [2.45, 2.75) is 24.7 Å². The number of carbonyl (C=O) groups excluding carboxylic acids is 2. The number of para-hydroxylation sites is 1. The third kappa shape index (κ3) is 3.57. The first-order chi connectivity index (χ1) is 12.4. The van der Waals surface area contributed by atoms with E-state index in [4.69, 9.17) is 23.2 Å². The molecule has 4 nitrogen and oxygen atoms in total. The van der Waals surface area contributed by atoms with E-state index in [1.807, 2.05) is 30.3 Å². The number of hydrogen-bond donors (Lipinski definition) is 1. The van der Waals surface area contributed by atoms with E-state index in [9.17, 15) is 9.59 Å². The van der Waals surface area contributed by atoms with Crippen LogP contribution in [-0.4, -0.2) is 30.3 Å². The van der Waals surface area contributed by atoms with Crippen molar-refractivity contribution in [3.63, 3.8) is 0 Å². The largest absolute Gasteiger partial charge is 0.336 e. The zero-order valence-corrected chi connectivity index (χ0v) is 16.0. The summed E-state index contributed by atoms with van der Waals surface area (Å²) in [4.78, 5) is 26.9. The number of likely N-dealkylation sites (N-methyl/N-ethyl adjacent to an activating group) is 1. The summed E-state index contributed by atoms with van der Waals surface area (Å²) < 4.78 is 0. The summed E-state index contributed by atoms with van der Waals surface area (Å²) in [6.45, 7) is -0.0605. The molecule has 0 atom stereocenters. The van der Waals surface area contributed by atoms with Crippen LogP contribution in [0.3, 0.4) is 0 Å². The van der Waals surface area contributed by atoms with Gasteiger partial charge >= 0.3 is 0 Å². The lowest BCUT2D eigenvalue weighted by Crippen LogP contribution is -2.51. The number of benzene rings is 2. The van der Waals surface area contributed by atoms with Crippen LogP contribution in [0.15, 0.2) is 48.5 Å². The van der Waals surface area contributed by atoms with Gasteiger partial charge in [0.15, 0.2) is 0 Å². The Bertz CT molecular complexity index is 800. The maximum atomic E-state index is 13.1. The van der Waals surface area contributed by atoms with Crippen molar-refractivity contribution in [1.29, 1.82) is 0 Å². The van der Waals surface area contributed by atoms with Crippen LogP contribution < -0.4 is 5.32 Å². The third-order valence-corrected chi connectivity index (χ3v) is 5.53. The van der Waals surface area contributed by atoms with Gasteiger partial charge in [0.25, 0.3) is 0 Å². The van der Waals surface area contributed by atoms with Crippen molar-refractivity contribution in [2.24, 2.45) is 0 Å². The second kappa shape index (κ2) is 7.68. The predicted octanol–water partition coefficient (Wildman–Crippen LogP) is 4.51. The number of halogens is 2. The molecule has 136 valence electrons. The maximum absolute atomic E-state index is 13.1. The van der Waals surface area contributed by atoms with Gasteiger partial charge in [-0.15, -0.1) is 0 Å². The number of carbonyl (C=O) groups is 2. The van der Waals surface area contributed by atoms with Gasteiger partial charge in [0.1, 0.15) is 0 Å². The second-order valence-electron chi connectivity index (χ2n) is 6.61. The Morgan fingerprint density at radius 2 is 1.65 bits per heavy atom. The van der Waals surface area contributed by atoms with Crippen molar-refractivity contribution < 1.29 is 9.59 Å². The molecule has 6 heteroatoms. The van der Waals surface area contributed by atoms with Gasteiger partial charge in [-0.05, 0) is 30.5 Å². The predicted molar refractivity (Wildman–Crippen MR) is 105 cm³/mol. The Kier molecular flexibility index (Phi) is 5.54. The van der Waals surface area contributed by atoms with Crippen LogP contribution in [0.1, 0.15) is 24.8 Å². The van der Waals surface area contributed by atoms with Gasteiger partial charge in [0.05, 0.1) is 27.7 Å². The molecule has 1 saturated carbocycles. The molecule has 0 radical (unpaired) electrons. The van der Waals surface area contributed by atoms with E-state index < -0.39 is 5.41 Å². The fourth-order valence-electron chi connectivity index (χ4n) is 3.36. The van der Waals surface area contributed by atoms with E-state index in [-0.39, 0.29) is 18.4 Å². The Hall–Kier alpha value is -2.04. The van der Waals surface area contributed by atoms with Crippen LogP contribution in [0.25, 0.3) is 0 Å². The molecular weight excluding hydrogens is 371 g/mol. The molecule has 0 bridgehead atoms. The average molecular weight is 391 g/mol. The summed E-state index contributed by atoms with van der Waals surface area (Å²) in [5, 5.41) is 3.42. The summed E-state index contributed by atoms with van der Waals surface area (Å²) >= 11 is 12.2. The fraction of sp³-hybridized carbons (Fsp3) is 0.300. The van der Waals surface area contributed by atoms with Crippen LogP contribution in [0.5, 0.6) is 0 Å². The van der Waals surface area contributed by atoms with Gasteiger partial charge in [-0.1, -0.05) is 66.0 Å². The quantitative estimate of drug-likeness (QED) is 0.815. The van der Waals surface area contributed by atoms with Gasteiger partial charge in [-0.25, -0.2) is 0 Å². The molecule has 1 fully saturated rings. The van der Waals surface area contributed by atoms with Crippen LogP contribution in [0, 0.1) is 0 Å². The normalized spacial score (nSPS) is 15.0. The van der Waals surface area contributed by atoms with Crippen LogP contribution in [0.2, 0.25) is 10.0 Å². The lowest BCUT2D eigenvalue weighted by Gasteiger charge is -2.43. The zero-order valence-electron chi connectivity index (χ0n) is 14.5. The molecule has 0 spiro atoms. The summed E-state index contributed by atoms with van der Waals surface area (Å²) in [5.74, 6) is -0.367. The summed E-state index contributed by atoms with van der Waals surface area (Å²) in [5.41, 5.74) is 0.860. The minimum Gasteiger partial charge on any atom is -0.336 e. The molecule has 0 saturated heterocycles. The smallest absolute Gasteiger partial charge is 0.244 e. The Morgan fingerprint density at radius 3 is 2.19 bits per heavy atom. The van der Waals surface area contributed by atoms with Gasteiger partial charge in [-0.2, -0.15) is 0 Å². The van der Waals surface area contributed by atoms with E-state index in [2.05, 4.69) is 5.32 Å². The van der Waals surface area contributed by atoms with E-state index in [1.54, 1.807) is 25.2 Å². The SMILES string of the molecule is CN(CC(=O)Nc1c(Cl)cccc1Cl)C(=O)C1(c2ccccc2)CCC1. The molecule has 26 heavy (non-hydrogen) atoms. The maximum Gasteiger partial charge on any atom is 0.244 e. The minimum atomic E-state index is -0.516. The van der Waals surface area contributed by atoms with Gasteiger partial charge in [0, 0.05) is 7.05 Å². The Labute approximate surface area is 163 Å². The topological polar surface area (TPSA) is 49.4 Å². The lowest BCUT2D eigenvalue weighted by atomic mass is 9.63. The number of hydrogen-bond acceptors (Lipinski definition) is 2. The fourth-order valence-corrected chi connectivity index (χ4v) is 3.85. The second-order valence-corrected chi connectivity index (χ2v) is 7.42. The van der Waals surface area contributed by atoms with Crippen LogP contribution >= 0.6 is 23.2 Å². The molecule has 2 aromatic carbocycles. The summed E-state index contributed by atoms with van der Waals surface area (Å²) in [6.07, 6.45) is 2.62. The average Bonchev–Trinajstić information content (AvgIpc) is 2.58. The summed E-state index contributed by atoms with van der Waals surface area (Å²) in [6, 6.07) is 14.8. The Morgan fingerprint density at radius 1 is 1.04 bits per heavy atom. The van der Waals surface area contributed by atoms with Crippen molar-refractivity contribution in [3.05, 3.63) is 64.1 Å². The van der Waals surface area contributed by atoms with Crippen molar-refractivity contribution >= 4 is 40.7 Å². The van der Waals surface area contributed by atoms with E-state index >= 15 is 0 Å². The highest BCUT2D eigenvalue weighted by atomic mass is 35.5. The van der Waals surface area contributed by atoms with Gasteiger partial charge in [0.2, 0.25) is 11.8 Å². The molecule has 0 aromatic heterocycles. The van der Waals surface area contributed by atoms with Gasteiger partial charge < -0.3 is 10.2 Å². The number of amides is 2. The molecule has 2 amide bonds. The standard InChI is InChI=1S/C20H20Cl2N2O2/c1-24(13-17(25)23-18-15(21)9-5-10-16(18)22)19(26)20(11-6-12-20)14-7-3-2-4-8-14/h2-5,7-10H,6,11-13H2,1H3,(H,23,25). The van der Waals surface area contributed by atoms with E-state index in [0.29, 0.717) is 15.7 Å². The number of nitrogens with one attached hydrogen (secondary N) is 1. The minimum absolute atomic E-state index is 0.0321. The number of nitrogens with zero attached hydrogens (tertiary/aromatic N) is 1. The number of rotatable bonds is 5. The Balaban J connectivity index is 1.70. The first-order valence-corrected chi connectivity index (χ1v) is 9.24.